The molecule has 4 aromatic rings. The van der Waals surface area contributed by atoms with Gasteiger partial charge in [0.05, 0.1) is 10.8 Å². The first-order valence-electron chi connectivity index (χ1n) is 9.47. The summed E-state index contributed by atoms with van der Waals surface area (Å²) in [5, 5.41) is 71.1. The van der Waals surface area contributed by atoms with Crippen LogP contribution in [0, 0.1) is 0 Å². The molecule has 0 atom stereocenters. The lowest BCUT2D eigenvalue weighted by atomic mass is 10.0. The van der Waals surface area contributed by atoms with Crippen LogP contribution in [0.4, 0.5) is 0 Å². The highest BCUT2D eigenvalue weighted by Gasteiger charge is 2.31. The van der Waals surface area contributed by atoms with Crippen molar-refractivity contribution >= 4 is 39.1 Å². The normalized spacial score (nSPS) is 13.7. The van der Waals surface area contributed by atoms with Gasteiger partial charge in [0.2, 0.25) is 22.5 Å². The molecule has 12 heteroatoms. The van der Waals surface area contributed by atoms with Crippen LogP contribution in [0.3, 0.4) is 0 Å². The van der Waals surface area contributed by atoms with Gasteiger partial charge in [-0.1, -0.05) is 18.2 Å². The van der Waals surface area contributed by atoms with Gasteiger partial charge in [-0.2, -0.15) is 9.97 Å². The van der Waals surface area contributed by atoms with Gasteiger partial charge < -0.3 is 40.2 Å². The van der Waals surface area contributed by atoms with Crippen molar-refractivity contribution in [3.05, 3.63) is 29.3 Å². The van der Waals surface area contributed by atoms with E-state index in [1.807, 2.05) is 12.2 Å². The number of allylic oxidation sites excluding steroid dienone is 4. The SMILES string of the molecule is Oc1c(O)c(O)c2c(oc3c(O)c(-c4nc(Cl)nc(C5=CC=CCC5)n4)c(O)c(O)c32)c1O. The highest BCUT2D eigenvalue weighted by molar-refractivity contribution is 6.28. The Kier molecular flexibility index (Phi) is 4.40. The van der Waals surface area contributed by atoms with Crippen LogP contribution in [0.2, 0.25) is 5.28 Å². The number of halogens is 1. The Morgan fingerprint density at radius 1 is 0.697 bits per heavy atom. The van der Waals surface area contributed by atoms with E-state index >= 15 is 0 Å². The van der Waals surface area contributed by atoms with Crippen LogP contribution >= 0.6 is 11.6 Å². The van der Waals surface area contributed by atoms with E-state index < -0.39 is 67.7 Å². The Labute approximate surface area is 188 Å². The van der Waals surface area contributed by atoms with E-state index in [4.69, 9.17) is 16.0 Å². The Bertz CT molecular complexity index is 1560. The molecule has 2 aromatic heterocycles. The fourth-order valence-electron chi connectivity index (χ4n) is 3.74. The number of phenolic OH excluding ortho intramolecular Hbond substituents is 7. The van der Waals surface area contributed by atoms with Crippen molar-refractivity contribution in [1.29, 1.82) is 0 Å². The summed E-state index contributed by atoms with van der Waals surface area (Å²) >= 11 is 6.04. The van der Waals surface area contributed by atoms with Crippen LogP contribution in [-0.2, 0) is 0 Å². The van der Waals surface area contributed by atoms with E-state index in [9.17, 15) is 35.7 Å². The summed E-state index contributed by atoms with van der Waals surface area (Å²) in [7, 11) is 0. The van der Waals surface area contributed by atoms with E-state index in [1.165, 1.54) is 0 Å². The van der Waals surface area contributed by atoms with Crippen LogP contribution in [0.5, 0.6) is 40.2 Å². The number of furan rings is 1. The van der Waals surface area contributed by atoms with Gasteiger partial charge in [-0.15, -0.1) is 0 Å². The second-order valence-corrected chi connectivity index (χ2v) is 7.57. The van der Waals surface area contributed by atoms with E-state index in [-0.39, 0.29) is 16.9 Å². The first-order valence-corrected chi connectivity index (χ1v) is 9.85. The molecule has 1 aliphatic rings. The van der Waals surface area contributed by atoms with Gasteiger partial charge in [0.15, 0.2) is 45.8 Å². The number of phenols is 7. The van der Waals surface area contributed by atoms with Crippen LogP contribution in [-0.4, -0.2) is 50.7 Å². The van der Waals surface area contributed by atoms with E-state index in [1.54, 1.807) is 6.08 Å². The van der Waals surface area contributed by atoms with Crippen molar-refractivity contribution < 1.29 is 40.2 Å². The molecule has 7 N–H and O–H groups in total. The Morgan fingerprint density at radius 2 is 1.30 bits per heavy atom. The molecule has 2 aromatic carbocycles. The summed E-state index contributed by atoms with van der Waals surface area (Å²) in [6, 6.07) is 0. The average Bonchev–Trinajstić information content (AvgIpc) is 3.22. The lowest BCUT2D eigenvalue weighted by Crippen LogP contribution is -2.02. The minimum Gasteiger partial charge on any atom is -0.504 e. The van der Waals surface area contributed by atoms with Crippen molar-refractivity contribution in [2.45, 2.75) is 12.8 Å². The summed E-state index contributed by atoms with van der Waals surface area (Å²) in [6.07, 6.45) is 6.93. The maximum absolute atomic E-state index is 10.9. The van der Waals surface area contributed by atoms with Crippen LogP contribution in [0.25, 0.3) is 38.9 Å². The largest absolute Gasteiger partial charge is 0.504 e. The highest BCUT2D eigenvalue weighted by Crippen LogP contribution is 2.58. The van der Waals surface area contributed by atoms with Gasteiger partial charge >= 0.3 is 0 Å². The van der Waals surface area contributed by atoms with Crippen LogP contribution in [0.15, 0.2) is 22.6 Å². The number of aromatic hydroxyl groups is 7. The fourth-order valence-corrected chi connectivity index (χ4v) is 3.90. The molecule has 0 spiro atoms. The third-order valence-electron chi connectivity index (χ3n) is 5.32. The summed E-state index contributed by atoms with van der Waals surface area (Å²) in [5.74, 6) is -6.70. The molecule has 0 aliphatic heterocycles. The first-order chi connectivity index (χ1) is 15.7. The number of hydrogen-bond donors (Lipinski definition) is 7. The van der Waals surface area contributed by atoms with Crippen molar-refractivity contribution in [2.24, 2.45) is 0 Å². The van der Waals surface area contributed by atoms with Gasteiger partial charge in [0.1, 0.15) is 5.56 Å². The van der Waals surface area contributed by atoms with Gasteiger partial charge in [0, 0.05) is 0 Å². The number of nitrogens with zero attached hydrogens (tertiary/aromatic N) is 3. The second kappa shape index (κ2) is 7.07. The molecule has 0 saturated carbocycles. The summed E-state index contributed by atoms with van der Waals surface area (Å²) in [5.41, 5.74) is -0.780. The molecule has 0 amide bonds. The van der Waals surface area contributed by atoms with Crippen molar-refractivity contribution in [3.8, 4) is 51.6 Å². The Morgan fingerprint density at radius 3 is 1.97 bits per heavy atom. The smallest absolute Gasteiger partial charge is 0.226 e. The lowest BCUT2D eigenvalue weighted by molar-refractivity contribution is 0.348. The lowest BCUT2D eigenvalue weighted by Gasteiger charge is -2.12. The zero-order valence-electron chi connectivity index (χ0n) is 16.4. The molecule has 168 valence electrons. The molecule has 33 heavy (non-hydrogen) atoms. The van der Waals surface area contributed by atoms with Crippen molar-refractivity contribution in [1.82, 2.24) is 15.0 Å². The minimum absolute atomic E-state index is 0.197. The van der Waals surface area contributed by atoms with E-state index in [0.29, 0.717) is 6.42 Å². The molecular formula is C21H14ClN3O8. The number of fused-ring (bicyclic) bond motifs is 3. The van der Waals surface area contributed by atoms with Gasteiger partial charge in [-0.3, -0.25) is 0 Å². The fraction of sp³-hybridized carbons (Fsp3) is 0.0952. The molecule has 0 fully saturated rings. The van der Waals surface area contributed by atoms with E-state index in [0.717, 1.165) is 12.0 Å². The monoisotopic (exact) mass is 471 g/mol. The number of hydrogen-bond acceptors (Lipinski definition) is 11. The maximum Gasteiger partial charge on any atom is 0.226 e. The summed E-state index contributed by atoms with van der Waals surface area (Å²) in [4.78, 5) is 12.3. The molecule has 0 unspecified atom stereocenters. The van der Waals surface area contributed by atoms with E-state index in [2.05, 4.69) is 15.0 Å². The second-order valence-electron chi connectivity index (χ2n) is 7.24. The molecule has 0 saturated heterocycles. The minimum atomic E-state index is -1.09. The van der Waals surface area contributed by atoms with Crippen LogP contribution < -0.4 is 0 Å². The zero-order valence-corrected chi connectivity index (χ0v) is 17.2. The predicted molar refractivity (Wildman–Crippen MR) is 116 cm³/mol. The topological polar surface area (TPSA) is 193 Å². The molecule has 11 nitrogen and oxygen atoms in total. The van der Waals surface area contributed by atoms with Crippen molar-refractivity contribution in [2.75, 3.05) is 0 Å². The standard InChI is InChI=1S/C21H14ClN3O8/c22-21-24-19(6-4-2-1-3-5-6)23-20(25-21)9-12(28)10(26)7-8-11(27)14(30)15(31)16(32)18(8)33-17(7)13(9)29/h1-2,4,26-32H,3,5H2. The summed E-state index contributed by atoms with van der Waals surface area (Å²) < 4.78 is 5.38. The Hall–Kier alpha value is -4.38. The predicted octanol–water partition coefficient (Wildman–Crippen LogP) is 3.76. The number of benzene rings is 2. The number of rotatable bonds is 2. The number of aromatic nitrogens is 3. The van der Waals surface area contributed by atoms with Gasteiger partial charge in [-0.05, 0) is 30.0 Å². The molecule has 2 heterocycles. The molecule has 0 radical (unpaired) electrons. The van der Waals surface area contributed by atoms with Crippen molar-refractivity contribution in [3.63, 3.8) is 0 Å². The third kappa shape index (κ3) is 2.86. The molecule has 5 rings (SSSR count). The molecule has 1 aliphatic carbocycles. The molecular weight excluding hydrogens is 458 g/mol. The van der Waals surface area contributed by atoms with Crippen LogP contribution in [0.1, 0.15) is 18.7 Å². The quantitative estimate of drug-likeness (QED) is 0.166. The highest BCUT2D eigenvalue weighted by atomic mass is 35.5. The first kappa shape index (κ1) is 20.5. The summed E-state index contributed by atoms with van der Waals surface area (Å²) in [6.45, 7) is 0. The molecule has 0 bridgehead atoms. The van der Waals surface area contributed by atoms with Gasteiger partial charge in [0.25, 0.3) is 0 Å². The van der Waals surface area contributed by atoms with Gasteiger partial charge in [-0.25, -0.2) is 4.98 Å². The Balaban J connectivity index is 1.85. The maximum atomic E-state index is 10.9. The zero-order chi connectivity index (χ0) is 23.6. The third-order valence-corrected chi connectivity index (χ3v) is 5.48. The average molecular weight is 472 g/mol.